The molecule has 0 N–H and O–H groups in total. The van der Waals surface area contributed by atoms with Crippen molar-refractivity contribution >= 4 is 0 Å². The molecular weight excluding hydrogens is 182 g/mol. The summed E-state index contributed by atoms with van der Waals surface area (Å²) in [6, 6.07) is 1.55. The van der Waals surface area contributed by atoms with Gasteiger partial charge in [-0.15, -0.1) is 0 Å². The van der Waals surface area contributed by atoms with E-state index < -0.39 is 0 Å². The van der Waals surface area contributed by atoms with Crippen molar-refractivity contribution in [2.24, 2.45) is 5.92 Å². The lowest BCUT2D eigenvalue weighted by molar-refractivity contribution is 0.0992. The minimum Gasteiger partial charge on any atom is -0.298 e. The number of nitrogens with zero attached hydrogens (tertiary/aromatic N) is 1. The molecule has 15 heavy (non-hydrogen) atoms. The van der Waals surface area contributed by atoms with Crippen molar-refractivity contribution in [3.8, 4) is 0 Å². The lowest BCUT2D eigenvalue weighted by atomic mass is 9.86. The first kappa shape index (κ1) is 13.0. The summed E-state index contributed by atoms with van der Waals surface area (Å²) in [6.07, 6.45) is 8.68. The van der Waals surface area contributed by atoms with E-state index in [0.717, 1.165) is 12.0 Å². The van der Waals surface area contributed by atoms with Crippen LogP contribution in [0.25, 0.3) is 0 Å². The molecule has 0 radical (unpaired) electrons. The normalized spacial score (nSPS) is 29.2. The maximum atomic E-state index is 2.70. The van der Waals surface area contributed by atoms with E-state index in [0.29, 0.717) is 6.04 Å². The van der Waals surface area contributed by atoms with Gasteiger partial charge in [-0.1, -0.05) is 39.5 Å². The summed E-state index contributed by atoms with van der Waals surface area (Å²) >= 11 is 0. The minimum absolute atomic E-state index is 0.710. The highest BCUT2D eigenvalue weighted by atomic mass is 15.2. The Kier molecular flexibility index (Phi) is 5.66. The molecule has 1 fully saturated rings. The third kappa shape index (κ3) is 3.79. The molecule has 1 rings (SSSR count). The predicted molar refractivity (Wildman–Crippen MR) is 68.2 cm³/mol. The third-order valence-corrected chi connectivity index (χ3v) is 4.02. The molecule has 0 heterocycles. The minimum atomic E-state index is 0.710. The number of rotatable bonds is 3. The smallest absolute Gasteiger partial charge is 0.0123 e. The van der Waals surface area contributed by atoms with Crippen molar-refractivity contribution in [3.63, 3.8) is 0 Å². The lowest BCUT2D eigenvalue weighted by Crippen LogP contribution is -2.44. The Hall–Kier alpha value is -0.0400. The molecule has 0 aliphatic heterocycles. The standard InChI is InChI=1S/C14H29N/c1-5-15(12(2)3)14-11-9-7-6-8-10-13(14)4/h12-14H,5-11H2,1-4H3. The van der Waals surface area contributed by atoms with Crippen molar-refractivity contribution in [3.05, 3.63) is 0 Å². The SMILES string of the molecule is CCN(C(C)C)C1CCCCCCC1C. The first-order valence-corrected chi connectivity index (χ1v) is 6.92. The first-order chi connectivity index (χ1) is 7.16. The summed E-state index contributed by atoms with van der Waals surface area (Å²) in [5.41, 5.74) is 0. The van der Waals surface area contributed by atoms with Crippen LogP contribution in [0.15, 0.2) is 0 Å². The Labute approximate surface area is 96.2 Å². The summed E-state index contributed by atoms with van der Waals surface area (Å²) in [6.45, 7) is 10.7. The highest BCUT2D eigenvalue weighted by Gasteiger charge is 2.25. The van der Waals surface area contributed by atoms with E-state index in [4.69, 9.17) is 0 Å². The van der Waals surface area contributed by atoms with Gasteiger partial charge in [0.05, 0.1) is 0 Å². The van der Waals surface area contributed by atoms with Gasteiger partial charge in [0.2, 0.25) is 0 Å². The van der Waals surface area contributed by atoms with E-state index in [1.165, 1.54) is 45.1 Å². The van der Waals surface area contributed by atoms with Crippen molar-refractivity contribution in [2.45, 2.75) is 78.3 Å². The second-order valence-corrected chi connectivity index (χ2v) is 5.46. The molecule has 0 amide bonds. The van der Waals surface area contributed by atoms with Gasteiger partial charge >= 0.3 is 0 Å². The molecule has 0 spiro atoms. The lowest BCUT2D eigenvalue weighted by Gasteiger charge is -2.39. The fourth-order valence-electron chi connectivity index (χ4n) is 3.13. The molecule has 1 heteroatoms. The quantitative estimate of drug-likeness (QED) is 0.680. The highest BCUT2D eigenvalue weighted by molar-refractivity contribution is 4.80. The van der Waals surface area contributed by atoms with Crippen LogP contribution in [-0.4, -0.2) is 23.5 Å². The van der Waals surface area contributed by atoms with E-state index >= 15 is 0 Å². The van der Waals surface area contributed by atoms with E-state index in [2.05, 4.69) is 32.6 Å². The van der Waals surface area contributed by atoms with Gasteiger partial charge in [-0.2, -0.15) is 0 Å². The average Bonchev–Trinajstić information content (AvgIpc) is 2.17. The second-order valence-electron chi connectivity index (χ2n) is 5.46. The van der Waals surface area contributed by atoms with Gasteiger partial charge in [0.25, 0.3) is 0 Å². The van der Waals surface area contributed by atoms with Gasteiger partial charge in [-0.05, 0) is 39.2 Å². The Bertz CT molecular complexity index is 165. The van der Waals surface area contributed by atoms with Crippen molar-refractivity contribution in [1.29, 1.82) is 0 Å². The molecular formula is C14H29N. The Morgan fingerprint density at radius 3 is 2.20 bits per heavy atom. The van der Waals surface area contributed by atoms with E-state index in [-0.39, 0.29) is 0 Å². The van der Waals surface area contributed by atoms with E-state index in [9.17, 15) is 0 Å². The summed E-state index contributed by atoms with van der Waals surface area (Å²) < 4.78 is 0. The Balaban J connectivity index is 2.60. The molecule has 90 valence electrons. The second kappa shape index (κ2) is 6.52. The van der Waals surface area contributed by atoms with Crippen molar-refractivity contribution in [1.82, 2.24) is 4.90 Å². The molecule has 1 aliphatic rings. The van der Waals surface area contributed by atoms with Crippen LogP contribution in [0.1, 0.15) is 66.2 Å². The van der Waals surface area contributed by atoms with Gasteiger partial charge in [-0.25, -0.2) is 0 Å². The zero-order chi connectivity index (χ0) is 11.3. The molecule has 0 aromatic rings. The maximum Gasteiger partial charge on any atom is 0.0123 e. The summed E-state index contributed by atoms with van der Waals surface area (Å²) in [5, 5.41) is 0. The molecule has 0 saturated heterocycles. The van der Waals surface area contributed by atoms with E-state index in [1.807, 2.05) is 0 Å². The largest absolute Gasteiger partial charge is 0.298 e. The molecule has 1 aliphatic carbocycles. The van der Waals surface area contributed by atoms with Crippen LogP contribution in [-0.2, 0) is 0 Å². The van der Waals surface area contributed by atoms with Crippen LogP contribution in [0.4, 0.5) is 0 Å². The fourth-order valence-corrected chi connectivity index (χ4v) is 3.13. The molecule has 2 unspecified atom stereocenters. The van der Waals surface area contributed by atoms with Crippen LogP contribution in [0.2, 0.25) is 0 Å². The number of hydrogen-bond donors (Lipinski definition) is 0. The van der Waals surface area contributed by atoms with Gasteiger partial charge in [-0.3, -0.25) is 4.90 Å². The fraction of sp³-hybridized carbons (Fsp3) is 1.00. The van der Waals surface area contributed by atoms with Gasteiger partial charge in [0.1, 0.15) is 0 Å². The number of hydrogen-bond acceptors (Lipinski definition) is 1. The van der Waals surface area contributed by atoms with Crippen LogP contribution < -0.4 is 0 Å². The highest BCUT2D eigenvalue weighted by Crippen LogP contribution is 2.27. The van der Waals surface area contributed by atoms with Gasteiger partial charge in [0.15, 0.2) is 0 Å². The zero-order valence-corrected chi connectivity index (χ0v) is 11.1. The Morgan fingerprint density at radius 1 is 1.07 bits per heavy atom. The molecule has 0 aromatic heterocycles. The molecule has 1 nitrogen and oxygen atoms in total. The first-order valence-electron chi connectivity index (χ1n) is 6.92. The van der Waals surface area contributed by atoms with Crippen LogP contribution in [0.3, 0.4) is 0 Å². The van der Waals surface area contributed by atoms with Gasteiger partial charge < -0.3 is 0 Å². The molecule has 1 saturated carbocycles. The van der Waals surface area contributed by atoms with Crippen LogP contribution in [0.5, 0.6) is 0 Å². The van der Waals surface area contributed by atoms with Gasteiger partial charge in [0, 0.05) is 12.1 Å². The summed E-state index contributed by atoms with van der Waals surface area (Å²) in [5.74, 6) is 0.896. The van der Waals surface area contributed by atoms with Crippen molar-refractivity contribution < 1.29 is 0 Å². The predicted octanol–water partition coefficient (Wildman–Crippen LogP) is 4.08. The van der Waals surface area contributed by atoms with Crippen molar-refractivity contribution in [2.75, 3.05) is 6.54 Å². The van der Waals surface area contributed by atoms with E-state index in [1.54, 1.807) is 0 Å². The summed E-state index contributed by atoms with van der Waals surface area (Å²) in [4.78, 5) is 2.70. The topological polar surface area (TPSA) is 3.24 Å². The third-order valence-electron chi connectivity index (χ3n) is 4.02. The van der Waals surface area contributed by atoms with Crippen LogP contribution >= 0.6 is 0 Å². The molecule has 2 atom stereocenters. The zero-order valence-electron chi connectivity index (χ0n) is 11.1. The van der Waals surface area contributed by atoms with Crippen LogP contribution in [0, 0.1) is 5.92 Å². The maximum absolute atomic E-state index is 2.70. The Morgan fingerprint density at radius 2 is 1.67 bits per heavy atom. The molecule has 0 bridgehead atoms. The molecule has 0 aromatic carbocycles. The monoisotopic (exact) mass is 211 g/mol. The average molecular weight is 211 g/mol. The summed E-state index contributed by atoms with van der Waals surface area (Å²) in [7, 11) is 0.